The lowest BCUT2D eigenvalue weighted by Gasteiger charge is -2.25. The minimum Gasteiger partial charge on any atom is -0.461 e. The molecule has 1 N–H and O–H groups in total. The van der Waals surface area contributed by atoms with Gasteiger partial charge in [0.25, 0.3) is 0 Å². The van der Waals surface area contributed by atoms with Gasteiger partial charge in [-0.3, -0.25) is 4.79 Å². The van der Waals surface area contributed by atoms with Gasteiger partial charge >= 0.3 is 11.9 Å². The SMILES string of the molecule is C=CC(=O)OCCN(CCOC(=O)C=C)c1ccc(N=Nc2snc(C)c2C#N)c(NC(=O)CCC)c1. The van der Waals surface area contributed by atoms with Crippen molar-refractivity contribution in [2.24, 2.45) is 10.2 Å². The van der Waals surface area contributed by atoms with Crippen LogP contribution in [0.4, 0.5) is 22.1 Å². The zero-order chi connectivity index (χ0) is 27.2. The van der Waals surface area contributed by atoms with E-state index >= 15 is 0 Å². The smallest absolute Gasteiger partial charge is 0.330 e. The van der Waals surface area contributed by atoms with E-state index in [1.807, 2.05) is 11.8 Å². The van der Waals surface area contributed by atoms with E-state index in [9.17, 15) is 19.6 Å². The van der Waals surface area contributed by atoms with Crippen LogP contribution in [0.25, 0.3) is 0 Å². The molecule has 0 saturated carbocycles. The summed E-state index contributed by atoms with van der Waals surface area (Å²) in [5.74, 6) is -1.32. The van der Waals surface area contributed by atoms with Crippen molar-refractivity contribution in [3.63, 3.8) is 0 Å². The van der Waals surface area contributed by atoms with Gasteiger partial charge in [-0.1, -0.05) is 20.1 Å². The highest BCUT2D eigenvalue weighted by molar-refractivity contribution is 7.10. The van der Waals surface area contributed by atoms with Crippen LogP contribution in [-0.4, -0.2) is 48.5 Å². The van der Waals surface area contributed by atoms with Crippen molar-refractivity contribution in [2.45, 2.75) is 26.7 Å². The Morgan fingerprint density at radius 2 is 1.81 bits per heavy atom. The third-order valence-corrected chi connectivity index (χ3v) is 5.67. The summed E-state index contributed by atoms with van der Waals surface area (Å²) in [6, 6.07) is 7.18. The molecule has 0 spiro atoms. The largest absolute Gasteiger partial charge is 0.461 e. The van der Waals surface area contributed by atoms with Gasteiger partial charge in [-0.15, -0.1) is 10.2 Å². The lowest BCUT2D eigenvalue weighted by molar-refractivity contribution is -0.137. The number of carbonyl (C=O) groups is 3. The number of ether oxygens (including phenoxy) is 2. The minimum atomic E-state index is -0.559. The molecule has 12 heteroatoms. The van der Waals surface area contributed by atoms with Gasteiger partial charge in [0.15, 0.2) is 5.00 Å². The first-order valence-corrected chi connectivity index (χ1v) is 12.2. The number of anilines is 2. The van der Waals surface area contributed by atoms with Gasteiger partial charge in [0.05, 0.1) is 24.5 Å². The molecule has 11 nitrogen and oxygen atoms in total. The number of nitrogens with one attached hydrogen (secondary N) is 1. The van der Waals surface area contributed by atoms with Gasteiger partial charge in [-0.05, 0) is 43.1 Å². The number of rotatable bonds is 14. The van der Waals surface area contributed by atoms with Crippen molar-refractivity contribution in [3.8, 4) is 6.07 Å². The van der Waals surface area contributed by atoms with Crippen molar-refractivity contribution in [3.05, 3.63) is 54.8 Å². The Morgan fingerprint density at radius 1 is 1.16 bits per heavy atom. The van der Waals surface area contributed by atoms with Crippen LogP contribution in [0.15, 0.2) is 53.7 Å². The maximum absolute atomic E-state index is 12.4. The highest BCUT2D eigenvalue weighted by Crippen LogP contribution is 2.34. The Balaban J connectivity index is 2.37. The number of azo groups is 1. The van der Waals surface area contributed by atoms with E-state index in [1.54, 1.807) is 25.1 Å². The molecular formula is C25H28N6O5S. The van der Waals surface area contributed by atoms with Crippen LogP contribution in [0.1, 0.15) is 31.0 Å². The molecule has 1 amide bonds. The molecule has 2 rings (SSSR count). The molecule has 0 fully saturated rings. The quantitative estimate of drug-likeness (QED) is 0.212. The number of hydrogen-bond donors (Lipinski definition) is 1. The highest BCUT2D eigenvalue weighted by Gasteiger charge is 2.15. The van der Waals surface area contributed by atoms with Crippen LogP contribution in [0, 0.1) is 18.3 Å². The Kier molecular flexibility index (Phi) is 11.6. The number of esters is 2. The van der Waals surface area contributed by atoms with E-state index < -0.39 is 11.9 Å². The van der Waals surface area contributed by atoms with E-state index in [-0.39, 0.29) is 32.2 Å². The Morgan fingerprint density at radius 3 is 2.38 bits per heavy atom. The number of nitriles is 1. The minimum absolute atomic E-state index is 0.0565. The molecule has 37 heavy (non-hydrogen) atoms. The van der Waals surface area contributed by atoms with Crippen molar-refractivity contribution in [2.75, 3.05) is 36.5 Å². The zero-order valence-corrected chi connectivity index (χ0v) is 21.5. The maximum Gasteiger partial charge on any atom is 0.330 e. The van der Waals surface area contributed by atoms with E-state index in [4.69, 9.17) is 9.47 Å². The second-order valence-corrected chi connectivity index (χ2v) is 8.24. The molecule has 0 aliphatic carbocycles. The molecule has 1 aromatic heterocycles. The van der Waals surface area contributed by atoms with Crippen LogP contribution in [0.2, 0.25) is 0 Å². The summed E-state index contributed by atoms with van der Waals surface area (Å²) in [6.07, 6.45) is 3.11. The molecule has 1 aromatic carbocycles. The first kappa shape index (κ1) is 28.9. The summed E-state index contributed by atoms with van der Waals surface area (Å²) in [7, 11) is 0. The average molecular weight is 525 g/mol. The molecular weight excluding hydrogens is 496 g/mol. The van der Waals surface area contributed by atoms with Gasteiger partial charge in [-0.2, -0.15) is 9.64 Å². The van der Waals surface area contributed by atoms with E-state index in [2.05, 4.69) is 39.1 Å². The third kappa shape index (κ3) is 8.97. The van der Waals surface area contributed by atoms with E-state index in [1.165, 1.54) is 0 Å². The number of benzene rings is 1. The number of aryl methyl sites for hydroxylation is 1. The maximum atomic E-state index is 12.4. The van der Waals surface area contributed by atoms with Gasteiger partial charge in [0.1, 0.15) is 30.5 Å². The molecule has 0 bridgehead atoms. The lowest BCUT2D eigenvalue weighted by atomic mass is 10.2. The molecule has 0 unspecified atom stereocenters. The molecule has 2 aromatic rings. The summed E-state index contributed by atoms with van der Waals surface area (Å²) >= 11 is 1.06. The van der Waals surface area contributed by atoms with Gasteiger partial charge in [-0.25, -0.2) is 9.59 Å². The summed E-state index contributed by atoms with van der Waals surface area (Å²) in [4.78, 5) is 37.1. The molecule has 0 atom stereocenters. The average Bonchev–Trinajstić information content (AvgIpc) is 3.25. The fourth-order valence-corrected chi connectivity index (χ4v) is 3.68. The predicted octanol–water partition coefficient (Wildman–Crippen LogP) is 4.74. The predicted molar refractivity (Wildman–Crippen MR) is 140 cm³/mol. The Labute approximate surface area is 219 Å². The second-order valence-electron chi connectivity index (χ2n) is 7.49. The summed E-state index contributed by atoms with van der Waals surface area (Å²) in [5.41, 5.74) is 2.34. The third-order valence-electron chi connectivity index (χ3n) is 4.85. The van der Waals surface area contributed by atoms with Crippen molar-refractivity contribution < 1.29 is 23.9 Å². The van der Waals surface area contributed by atoms with Crippen molar-refractivity contribution in [1.82, 2.24) is 4.37 Å². The number of aromatic nitrogens is 1. The fourth-order valence-electron chi connectivity index (χ4n) is 3.00. The second kappa shape index (κ2) is 14.9. The first-order chi connectivity index (χ1) is 17.8. The molecule has 1 heterocycles. The first-order valence-electron chi connectivity index (χ1n) is 11.4. The van der Waals surface area contributed by atoms with Crippen molar-refractivity contribution in [1.29, 1.82) is 5.26 Å². The fraction of sp³-hybridized carbons (Fsp3) is 0.320. The van der Waals surface area contributed by atoms with E-state index in [0.29, 0.717) is 46.2 Å². The van der Waals surface area contributed by atoms with Crippen LogP contribution in [0.5, 0.6) is 0 Å². The molecule has 0 aliphatic heterocycles. The number of carbonyl (C=O) groups excluding carboxylic acids is 3. The van der Waals surface area contributed by atoms with Gasteiger partial charge in [0.2, 0.25) is 5.91 Å². The normalized spacial score (nSPS) is 10.4. The van der Waals surface area contributed by atoms with Crippen LogP contribution in [0.3, 0.4) is 0 Å². The van der Waals surface area contributed by atoms with Crippen LogP contribution >= 0.6 is 11.5 Å². The molecule has 194 valence electrons. The van der Waals surface area contributed by atoms with Crippen molar-refractivity contribution >= 4 is 51.4 Å². The topological polar surface area (TPSA) is 146 Å². The number of amides is 1. The Hall–Kier alpha value is -4.37. The monoisotopic (exact) mass is 524 g/mol. The molecule has 0 radical (unpaired) electrons. The van der Waals surface area contributed by atoms with E-state index in [0.717, 1.165) is 23.7 Å². The lowest BCUT2D eigenvalue weighted by Crippen LogP contribution is -2.32. The highest BCUT2D eigenvalue weighted by atomic mass is 32.1. The zero-order valence-electron chi connectivity index (χ0n) is 20.7. The summed E-state index contributed by atoms with van der Waals surface area (Å²) < 4.78 is 14.3. The van der Waals surface area contributed by atoms with Gasteiger partial charge in [0, 0.05) is 24.3 Å². The number of hydrogen-bond acceptors (Lipinski definition) is 11. The standard InChI is InChI=1S/C25H28N6O5S/c1-5-8-22(32)27-21-15-18(9-10-20(21)28-29-25-19(16-26)17(4)30-37-25)31(11-13-35-23(33)6-2)12-14-36-24(34)7-3/h6-7,9-10,15H,2-3,5,8,11-14H2,1,4H3,(H,27,32). The van der Waals surface area contributed by atoms with Crippen LogP contribution < -0.4 is 10.2 Å². The summed E-state index contributed by atoms with van der Waals surface area (Å²) in [6.45, 7) is 11.0. The Bertz CT molecular complexity index is 1190. The molecule has 0 aliphatic rings. The summed E-state index contributed by atoms with van der Waals surface area (Å²) in [5, 5.41) is 21.0. The van der Waals surface area contributed by atoms with Gasteiger partial charge < -0.3 is 19.7 Å². The molecule has 0 saturated heterocycles. The number of nitrogens with zero attached hydrogens (tertiary/aromatic N) is 5. The van der Waals surface area contributed by atoms with Crippen LogP contribution in [-0.2, 0) is 23.9 Å².